The lowest BCUT2D eigenvalue weighted by Gasteiger charge is -2.28. The van der Waals surface area contributed by atoms with Crippen LogP contribution in [0.15, 0.2) is 24.3 Å². The van der Waals surface area contributed by atoms with E-state index in [1.54, 1.807) is 7.11 Å². The molecule has 20 heavy (non-hydrogen) atoms. The van der Waals surface area contributed by atoms with Gasteiger partial charge in [0.25, 0.3) is 5.91 Å². The van der Waals surface area contributed by atoms with Crippen molar-refractivity contribution in [3.8, 4) is 0 Å². The van der Waals surface area contributed by atoms with Gasteiger partial charge in [-0.15, -0.1) is 0 Å². The van der Waals surface area contributed by atoms with E-state index in [1.165, 1.54) is 12.8 Å². The van der Waals surface area contributed by atoms with Crippen molar-refractivity contribution < 1.29 is 9.53 Å². The van der Waals surface area contributed by atoms with Gasteiger partial charge < -0.3 is 10.1 Å². The summed E-state index contributed by atoms with van der Waals surface area (Å²) in [6.45, 7) is 0.541. The maximum Gasteiger partial charge on any atom is 0.251 e. The second-order valence-electron chi connectivity index (χ2n) is 5.33. The van der Waals surface area contributed by atoms with Crippen molar-refractivity contribution in [1.82, 2.24) is 5.32 Å². The Balaban J connectivity index is 1.95. The normalized spacial score (nSPS) is 22.5. The van der Waals surface area contributed by atoms with E-state index in [0.717, 1.165) is 24.0 Å². The molecule has 0 heterocycles. The fourth-order valence-corrected chi connectivity index (χ4v) is 3.56. The molecule has 2 rings (SSSR count). The van der Waals surface area contributed by atoms with Crippen LogP contribution in [0.25, 0.3) is 0 Å². The fraction of sp³-hybridized carbons (Fsp3) is 0.562. The summed E-state index contributed by atoms with van der Waals surface area (Å²) in [5, 5.41) is 3.86. The van der Waals surface area contributed by atoms with Crippen LogP contribution in [0, 0.1) is 0 Å². The summed E-state index contributed by atoms with van der Waals surface area (Å²) in [7, 11) is 1.66. The number of rotatable bonds is 5. The van der Waals surface area contributed by atoms with Gasteiger partial charge in [-0.25, -0.2) is 0 Å². The Bertz CT molecular complexity index is 450. The standard InChI is InChI=1S/C16H23NO2S/c1-19-11-12-5-3-6-13(9-12)16(18)17-14-7-4-8-15(10-14)20-2/h3,5-6,9,14-15H,4,7-8,10-11H2,1-2H3,(H,17,18)/t14-,15-/m0/s1. The second kappa shape index (κ2) is 7.70. The summed E-state index contributed by atoms with van der Waals surface area (Å²) in [4.78, 5) is 12.3. The van der Waals surface area contributed by atoms with E-state index in [-0.39, 0.29) is 5.91 Å². The number of hydrogen-bond acceptors (Lipinski definition) is 3. The van der Waals surface area contributed by atoms with Crippen LogP contribution < -0.4 is 5.32 Å². The molecule has 1 aliphatic rings. The van der Waals surface area contributed by atoms with Crippen LogP contribution in [0.1, 0.15) is 41.6 Å². The highest BCUT2D eigenvalue weighted by atomic mass is 32.2. The van der Waals surface area contributed by atoms with E-state index >= 15 is 0 Å². The van der Waals surface area contributed by atoms with E-state index in [1.807, 2.05) is 36.0 Å². The van der Waals surface area contributed by atoms with E-state index in [9.17, 15) is 4.79 Å². The van der Waals surface area contributed by atoms with Crippen LogP contribution in [0.4, 0.5) is 0 Å². The van der Waals surface area contributed by atoms with Crippen LogP contribution >= 0.6 is 11.8 Å². The number of methoxy groups -OCH3 is 1. The van der Waals surface area contributed by atoms with Crippen LogP contribution in [0.5, 0.6) is 0 Å². The Morgan fingerprint density at radius 1 is 1.45 bits per heavy atom. The van der Waals surface area contributed by atoms with E-state index < -0.39 is 0 Å². The monoisotopic (exact) mass is 293 g/mol. The molecule has 1 aromatic rings. The summed E-state index contributed by atoms with van der Waals surface area (Å²) in [5.41, 5.74) is 1.76. The molecule has 0 spiro atoms. The molecule has 4 heteroatoms. The van der Waals surface area contributed by atoms with Crippen molar-refractivity contribution in [2.45, 2.75) is 43.6 Å². The smallest absolute Gasteiger partial charge is 0.251 e. The number of nitrogens with one attached hydrogen (secondary N) is 1. The van der Waals surface area contributed by atoms with Gasteiger partial charge in [0.1, 0.15) is 0 Å². The lowest BCUT2D eigenvalue weighted by molar-refractivity contribution is 0.0928. The number of amides is 1. The largest absolute Gasteiger partial charge is 0.380 e. The zero-order chi connectivity index (χ0) is 14.4. The van der Waals surface area contributed by atoms with Gasteiger partial charge >= 0.3 is 0 Å². The second-order valence-corrected chi connectivity index (χ2v) is 6.47. The first-order chi connectivity index (χ1) is 9.72. The summed E-state index contributed by atoms with van der Waals surface area (Å²) in [6, 6.07) is 7.98. The van der Waals surface area contributed by atoms with Crippen molar-refractivity contribution in [3.63, 3.8) is 0 Å². The highest BCUT2D eigenvalue weighted by molar-refractivity contribution is 7.99. The predicted octanol–water partition coefficient (Wildman–Crippen LogP) is 3.24. The van der Waals surface area contributed by atoms with Gasteiger partial charge in [0, 0.05) is 24.0 Å². The Morgan fingerprint density at radius 3 is 3.05 bits per heavy atom. The van der Waals surface area contributed by atoms with Crippen LogP contribution in [0.3, 0.4) is 0 Å². The predicted molar refractivity (Wildman–Crippen MR) is 84.2 cm³/mol. The number of ether oxygens (including phenoxy) is 1. The Morgan fingerprint density at radius 2 is 2.30 bits per heavy atom. The maximum absolute atomic E-state index is 12.3. The minimum absolute atomic E-state index is 0.0368. The molecule has 0 radical (unpaired) electrons. The number of thioether (sulfide) groups is 1. The van der Waals surface area contributed by atoms with Gasteiger partial charge in [-0.1, -0.05) is 18.6 Å². The molecule has 1 aliphatic carbocycles. The molecule has 110 valence electrons. The van der Waals surface area contributed by atoms with E-state index in [4.69, 9.17) is 4.74 Å². The van der Waals surface area contributed by atoms with Crippen LogP contribution in [-0.4, -0.2) is 30.6 Å². The molecular weight excluding hydrogens is 270 g/mol. The molecule has 1 saturated carbocycles. The zero-order valence-electron chi connectivity index (χ0n) is 12.2. The summed E-state index contributed by atoms with van der Waals surface area (Å²) < 4.78 is 5.11. The third-order valence-corrected chi connectivity index (χ3v) is 4.89. The highest BCUT2D eigenvalue weighted by Crippen LogP contribution is 2.27. The molecule has 3 nitrogen and oxygen atoms in total. The van der Waals surface area contributed by atoms with Crippen LogP contribution in [-0.2, 0) is 11.3 Å². The minimum Gasteiger partial charge on any atom is -0.380 e. The van der Waals surface area contributed by atoms with Crippen molar-refractivity contribution >= 4 is 17.7 Å². The Labute approximate surface area is 125 Å². The Hall–Kier alpha value is -1.00. The quantitative estimate of drug-likeness (QED) is 0.905. The van der Waals surface area contributed by atoms with Crippen molar-refractivity contribution in [2.75, 3.05) is 13.4 Å². The average molecular weight is 293 g/mol. The topological polar surface area (TPSA) is 38.3 Å². The van der Waals surface area contributed by atoms with Gasteiger partial charge in [-0.2, -0.15) is 11.8 Å². The van der Waals surface area contributed by atoms with E-state index in [2.05, 4.69) is 11.6 Å². The number of hydrogen-bond donors (Lipinski definition) is 1. The zero-order valence-corrected chi connectivity index (χ0v) is 13.0. The first-order valence-electron chi connectivity index (χ1n) is 7.14. The molecule has 1 amide bonds. The Kier molecular flexibility index (Phi) is 5.92. The first-order valence-corrected chi connectivity index (χ1v) is 8.43. The molecule has 0 aliphatic heterocycles. The molecule has 1 aromatic carbocycles. The summed E-state index contributed by atoms with van der Waals surface area (Å²) in [5.74, 6) is 0.0368. The van der Waals surface area contributed by atoms with Crippen molar-refractivity contribution in [1.29, 1.82) is 0 Å². The molecule has 0 unspecified atom stereocenters. The summed E-state index contributed by atoms with van der Waals surface area (Å²) >= 11 is 1.91. The van der Waals surface area contributed by atoms with Gasteiger partial charge in [0.05, 0.1) is 6.61 Å². The van der Waals surface area contributed by atoms with Crippen molar-refractivity contribution in [2.24, 2.45) is 0 Å². The SMILES string of the molecule is COCc1cccc(C(=O)N[C@H]2CCC[C@H](SC)C2)c1. The lowest BCUT2D eigenvalue weighted by Crippen LogP contribution is -2.39. The van der Waals surface area contributed by atoms with Crippen LogP contribution in [0.2, 0.25) is 0 Å². The molecule has 2 atom stereocenters. The van der Waals surface area contributed by atoms with Crippen molar-refractivity contribution in [3.05, 3.63) is 35.4 Å². The number of benzene rings is 1. The number of carbonyl (C=O) groups is 1. The van der Waals surface area contributed by atoms with Gasteiger partial charge in [-0.05, 0) is 43.2 Å². The molecule has 0 aromatic heterocycles. The van der Waals surface area contributed by atoms with Gasteiger partial charge in [0.2, 0.25) is 0 Å². The molecule has 1 fully saturated rings. The molecular formula is C16H23NO2S. The highest BCUT2D eigenvalue weighted by Gasteiger charge is 2.22. The molecule has 0 bridgehead atoms. The average Bonchev–Trinajstić information content (AvgIpc) is 2.48. The van der Waals surface area contributed by atoms with E-state index in [0.29, 0.717) is 17.9 Å². The van der Waals surface area contributed by atoms with Gasteiger partial charge in [0.15, 0.2) is 0 Å². The third-order valence-electron chi connectivity index (χ3n) is 3.79. The maximum atomic E-state index is 12.3. The summed E-state index contributed by atoms with van der Waals surface area (Å²) in [6.07, 6.45) is 6.82. The first kappa shape index (κ1) is 15.4. The van der Waals surface area contributed by atoms with Gasteiger partial charge in [-0.3, -0.25) is 4.79 Å². The molecule has 0 saturated heterocycles. The third kappa shape index (κ3) is 4.25. The fourth-order valence-electron chi connectivity index (χ4n) is 2.73. The number of carbonyl (C=O) groups excluding carboxylic acids is 1. The lowest BCUT2D eigenvalue weighted by atomic mass is 9.94. The minimum atomic E-state index is 0.0368. The molecule has 1 N–H and O–H groups in total.